The lowest BCUT2D eigenvalue weighted by Crippen LogP contribution is -2.23. The minimum absolute atomic E-state index is 1.03. The first kappa shape index (κ1) is 6.40. The van der Waals surface area contributed by atoms with Crippen LogP contribution in [0.1, 0.15) is 6.92 Å². The summed E-state index contributed by atoms with van der Waals surface area (Å²) >= 11 is 2.59. The lowest BCUT2D eigenvalue weighted by Gasteiger charge is -2.14. The predicted molar refractivity (Wildman–Crippen MR) is 46.9 cm³/mol. The molecule has 2 aliphatic rings. The number of piperidine rings is 1. The van der Waals surface area contributed by atoms with Gasteiger partial charge in [-0.1, -0.05) is 29.5 Å². The Morgan fingerprint density at radius 2 is 2.00 bits per heavy atom. The highest BCUT2D eigenvalue weighted by Crippen LogP contribution is 2.50. The number of fused-ring (bicyclic) bond motifs is 1. The molecule has 9 heavy (non-hydrogen) atoms. The maximum Gasteiger partial charge on any atom is 0.0197 e. The number of rotatable bonds is 1. The molecule has 0 bridgehead atoms. The van der Waals surface area contributed by atoms with Crippen molar-refractivity contribution in [3.8, 4) is 0 Å². The lowest BCUT2D eigenvalue weighted by molar-refractivity contribution is 0.325. The van der Waals surface area contributed by atoms with E-state index in [2.05, 4.69) is 34.4 Å². The summed E-state index contributed by atoms with van der Waals surface area (Å²) < 4.78 is 1.03. The van der Waals surface area contributed by atoms with Crippen LogP contribution >= 0.6 is 22.6 Å². The van der Waals surface area contributed by atoms with Gasteiger partial charge in [0.25, 0.3) is 0 Å². The van der Waals surface area contributed by atoms with Gasteiger partial charge in [0.05, 0.1) is 0 Å². The Balaban J connectivity index is 1.89. The van der Waals surface area contributed by atoms with Gasteiger partial charge in [0.1, 0.15) is 0 Å². The molecule has 1 saturated carbocycles. The normalized spacial score (nSPS) is 49.3. The van der Waals surface area contributed by atoms with Crippen molar-refractivity contribution in [1.29, 1.82) is 0 Å². The molecule has 1 aliphatic carbocycles. The molecule has 1 heterocycles. The van der Waals surface area contributed by atoms with E-state index < -0.39 is 0 Å². The summed E-state index contributed by atoms with van der Waals surface area (Å²) in [6.07, 6.45) is 0. The topological polar surface area (TPSA) is 3.24 Å². The molecule has 2 atom stereocenters. The largest absolute Gasteiger partial charge is 0.303 e. The first-order chi connectivity index (χ1) is 4.33. The average Bonchev–Trinajstić information content (AvgIpc) is 2.32. The van der Waals surface area contributed by atoms with E-state index in [0.29, 0.717) is 0 Å². The Bertz CT molecular complexity index is 114. The summed E-state index contributed by atoms with van der Waals surface area (Å²) in [6, 6.07) is 0. The van der Waals surface area contributed by atoms with Gasteiger partial charge in [-0.3, -0.25) is 0 Å². The molecule has 2 fully saturated rings. The fourth-order valence-electron chi connectivity index (χ4n) is 1.80. The maximum atomic E-state index is 2.59. The molecular formula is C7H12IN. The summed E-state index contributed by atoms with van der Waals surface area (Å²) in [5.41, 5.74) is 0. The standard InChI is InChI=1S/C7H12IN/c1-2-9-3-5-6(4-9)7(5)8/h5-7H,2-4H2,1H3. The maximum absolute atomic E-state index is 2.59. The van der Waals surface area contributed by atoms with Crippen molar-refractivity contribution in [3.63, 3.8) is 0 Å². The second kappa shape index (κ2) is 2.09. The molecule has 2 rings (SSSR count). The van der Waals surface area contributed by atoms with Crippen LogP contribution in [-0.4, -0.2) is 28.5 Å². The Morgan fingerprint density at radius 1 is 1.44 bits per heavy atom. The van der Waals surface area contributed by atoms with Crippen LogP contribution in [0.5, 0.6) is 0 Å². The first-order valence-electron chi connectivity index (χ1n) is 3.69. The van der Waals surface area contributed by atoms with Crippen LogP contribution in [0, 0.1) is 11.8 Å². The van der Waals surface area contributed by atoms with Gasteiger partial charge >= 0.3 is 0 Å². The molecule has 0 aromatic heterocycles. The Hall–Kier alpha value is 0.690. The number of hydrogen-bond donors (Lipinski definition) is 0. The van der Waals surface area contributed by atoms with Gasteiger partial charge in [0, 0.05) is 17.0 Å². The predicted octanol–water partition coefficient (Wildman–Crippen LogP) is 1.37. The van der Waals surface area contributed by atoms with Crippen LogP contribution in [0.4, 0.5) is 0 Å². The van der Waals surface area contributed by atoms with Gasteiger partial charge in [0.2, 0.25) is 0 Å². The van der Waals surface area contributed by atoms with Crippen LogP contribution in [0.25, 0.3) is 0 Å². The van der Waals surface area contributed by atoms with Gasteiger partial charge in [-0.15, -0.1) is 0 Å². The molecule has 0 aromatic carbocycles. The number of nitrogens with zero attached hydrogens (tertiary/aromatic N) is 1. The van der Waals surface area contributed by atoms with Crippen molar-refractivity contribution >= 4 is 22.6 Å². The van der Waals surface area contributed by atoms with Crippen molar-refractivity contribution in [1.82, 2.24) is 4.90 Å². The summed E-state index contributed by atoms with van der Waals surface area (Å²) in [6.45, 7) is 6.28. The van der Waals surface area contributed by atoms with Crippen LogP contribution in [0.2, 0.25) is 0 Å². The van der Waals surface area contributed by atoms with E-state index in [9.17, 15) is 0 Å². The molecule has 0 aromatic rings. The molecule has 2 unspecified atom stereocenters. The van der Waals surface area contributed by atoms with E-state index in [1.54, 1.807) is 0 Å². The van der Waals surface area contributed by atoms with E-state index in [4.69, 9.17) is 0 Å². The van der Waals surface area contributed by atoms with Crippen LogP contribution < -0.4 is 0 Å². The quantitative estimate of drug-likeness (QED) is 0.491. The molecular weight excluding hydrogens is 225 g/mol. The summed E-state index contributed by atoms with van der Waals surface area (Å²) in [5.74, 6) is 2.15. The van der Waals surface area contributed by atoms with Crippen molar-refractivity contribution in [2.45, 2.75) is 10.8 Å². The zero-order valence-corrected chi connectivity index (χ0v) is 7.84. The van der Waals surface area contributed by atoms with E-state index in [1.807, 2.05) is 0 Å². The number of halogens is 1. The monoisotopic (exact) mass is 237 g/mol. The zero-order chi connectivity index (χ0) is 6.43. The minimum Gasteiger partial charge on any atom is -0.303 e. The molecule has 1 saturated heterocycles. The van der Waals surface area contributed by atoms with Crippen molar-refractivity contribution in [3.05, 3.63) is 0 Å². The van der Waals surface area contributed by atoms with Gasteiger partial charge in [-0.05, 0) is 18.4 Å². The molecule has 2 heteroatoms. The van der Waals surface area contributed by atoms with E-state index in [1.165, 1.54) is 19.6 Å². The van der Waals surface area contributed by atoms with Crippen molar-refractivity contribution in [2.24, 2.45) is 11.8 Å². The second-order valence-corrected chi connectivity index (χ2v) is 4.56. The second-order valence-electron chi connectivity index (χ2n) is 3.12. The molecule has 0 amide bonds. The van der Waals surface area contributed by atoms with Crippen LogP contribution in [-0.2, 0) is 0 Å². The smallest absolute Gasteiger partial charge is 0.0197 e. The highest BCUT2D eigenvalue weighted by Gasteiger charge is 2.53. The van der Waals surface area contributed by atoms with Gasteiger partial charge < -0.3 is 4.90 Å². The number of alkyl halides is 1. The third kappa shape index (κ3) is 0.909. The Kier molecular flexibility index (Phi) is 1.49. The third-order valence-corrected chi connectivity index (χ3v) is 4.46. The average molecular weight is 237 g/mol. The summed E-state index contributed by atoms with van der Waals surface area (Å²) in [7, 11) is 0. The Morgan fingerprint density at radius 3 is 2.44 bits per heavy atom. The molecule has 1 aliphatic heterocycles. The third-order valence-electron chi connectivity index (χ3n) is 2.61. The molecule has 52 valence electrons. The van der Waals surface area contributed by atoms with E-state index in [-0.39, 0.29) is 0 Å². The van der Waals surface area contributed by atoms with Crippen LogP contribution in [0.15, 0.2) is 0 Å². The Labute approximate surface area is 69.9 Å². The SMILES string of the molecule is CCN1CC2C(I)C2C1. The molecule has 0 spiro atoms. The minimum atomic E-state index is 1.03. The van der Waals surface area contributed by atoms with E-state index in [0.717, 1.165) is 15.8 Å². The van der Waals surface area contributed by atoms with Gasteiger partial charge in [-0.2, -0.15) is 0 Å². The lowest BCUT2D eigenvalue weighted by atomic mass is 10.4. The molecule has 1 nitrogen and oxygen atoms in total. The number of likely N-dealkylation sites (tertiary alicyclic amines) is 1. The van der Waals surface area contributed by atoms with Crippen LogP contribution in [0.3, 0.4) is 0 Å². The highest BCUT2D eigenvalue weighted by molar-refractivity contribution is 14.1. The van der Waals surface area contributed by atoms with Crippen molar-refractivity contribution < 1.29 is 0 Å². The molecule has 0 N–H and O–H groups in total. The van der Waals surface area contributed by atoms with Gasteiger partial charge in [0.15, 0.2) is 0 Å². The van der Waals surface area contributed by atoms with Gasteiger partial charge in [-0.25, -0.2) is 0 Å². The van der Waals surface area contributed by atoms with Crippen molar-refractivity contribution in [2.75, 3.05) is 19.6 Å². The van der Waals surface area contributed by atoms with E-state index >= 15 is 0 Å². The summed E-state index contributed by atoms with van der Waals surface area (Å²) in [5, 5.41) is 0. The fourth-order valence-corrected chi connectivity index (χ4v) is 3.08. The number of hydrogen-bond acceptors (Lipinski definition) is 1. The zero-order valence-electron chi connectivity index (χ0n) is 5.68. The summed E-state index contributed by atoms with van der Waals surface area (Å²) in [4.78, 5) is 2.56. The highest BCUT2D eigenvalue weighted by atomic mass is 127. The first-order valence-corrected chi connectivity index (χ1v) is 4.94. The fraction of sp³-hybridized carbons (Fsp3) is 1.00. The molecule has 0 radical (unpaired) electrons.